The van der Waals surface area contributed by atoms with Crippen molar-refractivity contribution < 1.29 is 0 Å². The molecule has 0 aliphatic heterocycles. The first-order valence-corrected chi connectivity index (χ1v) is 7.23. The van der Waals surface area contributed by atoms with Gasteiger partial charge < -0.3 is 5.32 Å². The van der Waals surface area contributed by atoms with Crippen LogP contribution >= 0.6 is 22.6 Å². The van der Waals surface area contributed by atoms with Gasteiger partial charge in [-0.25, -0.2) is 0 Å². The fourth-order valence-electron chi connectivity index (χ4n) is 2.04. The molecule has 0 amide bonds. The maximum absolute atomic E-state index is 4.33. The first kappa shape index (κ1) is 12.4. The molecular formula is C16H13IN2. The van der Waals surface area contributed by atoms with Crippen molar-refractivity contribution in [1.29, 1.82) is 0 Å². The van der Waals surface area contributed by atoms with Crippen LogP contribution in [0.3, 0.4) is 0 Å². The van der Waals surface area contributed by atoms with Gasteiger partial charge in [0.25, 0.3) is 0 Å². The van der Waals surface area contributed by atoms with Gasteiger partial charge in [0, 0.05) is 27.4 Å². The number of benzene rings is 2. The summed E-state index contributed by atoms with van der Waals surface area (Å²) in [5, 5.41) is 4.65. The van der Waals surface area contributed by atoms with Crippen molar-refractivity contribution in [1.82, 2.24) is 4.98 Å². The van der Waals surface area contributed by atoms with Crippen LogP contribution in [0, 0.1) is 3.57 Å². The zero-order valence-electron chi connectivity index (χ0n) is 10.3. The van der Waals surface area contributed by atoms with Crippen LogP contribution < -0.4 is 5.32 Å². The van der Waals surface area contributed by atoms with Crippen LogP contribution in [0.15, 0.2) is 60.8 Å². The van der Waals surface area contributed by atoms with E-state index in [1.54, 1.807) is 0 Å². The van der Waals surface area contributed by atoms with E-state index in [0.717, 1.165) is 12.1 Å². The molecule has 0 aliphatic carbocycles. The van der Waals surface area contributed by atoms with Gasteiger partial charge in [-0.05, 0) is 58.5 Å². The van der Waals surface area contributed by atoms with Gasteiger partial charge >= 0.3 is 0 Å². The van der Waals surface area contributed by atoms with Gasteiger partial charge in [0.05, 0.1) is 5.52 Å². The topological polar surface area (TPSA) is 24.9 Å². The normalized spacial score (nSPS) is 10.6. The summed E-state index contributed by atoms with van der Waals surface area (Å²) in [6.07, 6.45) is 1.83. The number of halogens is 1. The number of pyridine rings is 1. The Morgan fingerprint density at radius 1 is 1.00 bits per heavy atom. The van der Waals surface area contributed by atoms with Gasteiger partial charge in [0.2, 0.25) is 0 Å². The molecule has 1 aromatic heterocycles. The van der Waals surface area contributed by atoms with Crippen molar-refractivity contribution in [3.05, 3.63) is 69.9 Å². The Bertz CT molecular complexity index is 710. The summed E-state index contributed by atoms with van der Waals surface area (Å²) in [6, 6.07) is 18.8. The van der Waals surface area contributed by atoms with Crippen LogP contribution in [0.25, 0.3) is 10.9 Å². The third-order valence-electron chi connectivity index (χ3n) is 3.02. The van der Waals surface area contributed by atoms with Gasteiger partial charge in [-0.2, -0.15) is 0 Å². The maximum atomic E-state index is 4.33. The monoisotopic (exact) mass is 360 g/mol. The first-order chi connectivity index (χ1) is 9.33. The number of fused-ring (bicyclic) bond motifs is 1. The minimum atomic E-state index is 0.824. The Balaban J connectivity index is 1.80. The zero-order chi connectivity index (χ0) is 13.1. The molecule has 1 heterocycles. The first-order valence-electron chi connectivity index (χ1n) is 6.15. The van der Waals surface area contributed by atoms with Crippen molar-refractivity contribution in [3.8, 4) is 0 Å². The molecule has 0 saturated carbocycles. The van der Waals surface area contributed by atoms with Crippen LogP contribution in [0.4, 0.5) is 5.69 Å². The Morgan fingerprint density at radius 3 is 2.79 bits per heavy atom. The molecule has 0 aliphatic rings. The lowest BCUT2D eigenvalue weighted by molar-refractivity contribution is 1.15. The average molecular weight is 360 g/mol. The summed E-state index contributed by atoms with van der Waals surface area (Å²) in [7, 11) is 0. The van der Waals surface area contributed by atoms with Crippen molar-refractivity contribution in [2.24, 2.45) is 0 Å². The minimum absolute atomic E-state index is 0.824. The average Bonchev–Trinajstić information content (AvgIpc) is 2.46. The van der Waals surface area contributed by atoms with Crippen molar-refractivity contribution in [3.63, 3.8) is 0 Å². The van der Waals surface area contributed by atoms with E-state index in [1.165, 1.54) is 20.2 Å². The highest BCUT2D eigenvalue weighted by Crippen LogP contribution is 2.19. The predicted molar refractivity (Wildman–Crippen MR) is 88.2 cm³/mol. The number of para-hydroxylation sites is 1. The van der Waals surface area contributed by atoms with Crippen LogP contribution in [0.5, 0.6) is 0 Å². The summed E-state index contributed by atoms with van der Waals surface area (Å²) >= 11 is 2.34. The molecule has 0 atom stereocenters. The molecule has 0 saturated heterocycles. The molecule has 0 spiro atoms. The smallest absolute Gasteiger partial charge is 0.0702 e. The number of rotatable bonds is 3. The lowest BCUT2D eigenvalue weighted by Gasteiger charge is -2.09. The number of nitrogens with one attached hydrogen (secondary N) is 1. The van der Waals surface area contributed by atoms with E-state index < -0.39 is 0 Å². The second-order valence-electron chi connectivity index (χ2n) is 4.36. The Morgan fingerprint density at radius 2 is 1.89 bits per heavy atom. The number of aromatic nitrogens is 1. The minimum Gasteiger partial charge on any atom is -0.380 e. The Kier molecular flexibility index (Phi) is 3.64. The molecule has 0 radical (unpaired) electrons. The van der Waals surface area contributed by atoms with Crippen molar-refractivity contribution in [2.45, 2.75) is 6.54 Å². The molecule has 2 nitrogen and oxygen atoms in total. The van der Waals surface area contributed by atoms with E-state index >= 15 is 0 Å². The van der Waals surface area contributed by atoms with Crippen molar-refractivity contribution >= 4 is 39.2 Å². The van der Waals surface area contributed by atoms with Gasteiger partial charge in [-0.3, -0.25) is 4.98 Å². The van der Waals surface area contributed by atoms with Gasteiger partial charge in [-0.15, -0.1) is 0 Å². The van der Waals surface area contributed by atoms with Crippen LogP contribution in [0.2, 0.25) is 0 Å². The summed E-state index contributed by atoms with van der Waals surface area (Å²) in [5.74, 6) is 0. The SMILES string of the molecule is Ic1ccccc1NCc1ccc2ncccc2c1. The number of anilines is 1. The lowest BCUT2D eigenvalue weighted by atomic mass is 10.1. The second-order valence-corrected chi connectivity index (χ2v) is 5.53. The van der Waals surface area contributed by atoms with E-state index in [1.807, 2.05) is 12.3 Å². The molecule has 0 fully saturated rings. The number of nitrogens with zero attached hydrogens (tertiary/aromatic N) is 1. The Hall–Kier alpha value is -1.62. The number of hydrogen-bond acceptors (Lipinski definition) is 2. The maximum Gasteiger partial charge on any atom is 0.0702 e. The van der Waals surface area contributed by atoms with Crippen LogP contribution in [-0.4, -0.2) is 4.98 Å². The van der Waals surface area contributed by atoms with E-state index in [2.05, 4.69) is 81.4 Å². The quantitative estimate of drug-likeness (QED) is 0.698. The highest BCUT2D eigenvalue weighted by Gasteiger charge is 1.99. The van der Waals surface area contributed by atoms with Crippen LogP contribution in [0.1, 0.15) is 5.56 Å². The third-order valence-corrected chi connectivity index (χ3v) is 3.96. The predicted octanol–water partition coefficient (Wildman–Crippen LogP) is 4.45. The van der Waals surface area contributed by atoms with Gasteiger partial charge in [-0.1, -0.05) is 24.3 Å². The Labute approximate surface area is 126 Å². The van der Waals surface area contributed by atoms with E-state index in [0.29, 0.717) is 0 Å². The molecular weight excluding hydrogens is 347 g/mol. The fourth-order valence-corrected chi connectivity index (χ4v) is 2.61. The van der Waals surface area contributed by atoms with E-state index in [4.69, 9.17) is 0 Å². The molecule has 19 heavy (non-hydrogen) atoms. The highest BCUT2D eigenvalue weighted by molar-refractivity contribution is 14.1. The van der Waals surface area contributed by atoms with Crippen molar-refractivity contribution in [2.75, 3.05) is 5.32 Å². The molecule has 0 bridgehead atoms. The zero-order valence-corrected chi connectivity index (χ0v) is 12.5. The molecule has 2 aromatic carbocycles. The molecule has 94 valence electrons. The lowest BCUT2D eigenvalue weighted by Crippen LogP contribution is -2.00. The standard InChI is InChI=1S/C16H13IN2/c17-14-5-1-2-6-16(14)19-11-12-7-8-15-13(10-12)4-3-9-18-15/h1-10,19H,11H2. The fraction of sp³-hybridized carbons (Fsp3) is 0.0625. The second kappa shape index (κ2) is 5.57. The van der Waals surface area contributed by atoms with E-state index in [-0.39, 0.29) is 0 Å². The molecule has 0 unspecified atom stereocenters. The molecule has 3 aromatic rings. The number of hydrogen-bond donors (Lipinski definition) is 1. The highest BCUT2D eigenvalue weighted by atomic mass is 127. The largest absolute Gasteiger partial charge is 0.380 e. The molecule has 1 N–H and O–H groups in total. The molecule has 3 heteroatoms. The van der Waals surface area contributed by atoms with Gasteiger partial charge in [0.1, 0.15) is 0 Å². The van der Waals surface area contributed by atoms with Gasteiger partial charge in [0.15, 0.2) is 0 Å². The third kappa shape index (κ3) is 2.87. The van der Waals surface area contributed by atoms with Crippen LogP contribution in [-0.2, 0) is 6.54 Å². The van der Waals surface area contributed by atoms with E-state index in [9.17, 15) is 0 Å². The summed E-state index contributed by atoms with van der Waals surface area (Å²) in [6.45, 7) is 0.824. The summed E-state index contributed by atoms with van der Waals surface area (Å²) in [4.78, 5) is 4.33. The molecule has 3 rings (SSSR count). The summed E-state index contributed by atoms with van der Waals surface area (Å²) < 4.78 is 1.24. The summed E-state index contributed by atoms with van der Waals surface area (Å²) in [5.41, 5.74) is 3.48.